The molecule has 0 aliphatic carbocycles. The Hall–Kier alpha value is -2.37. The summed E-state index contributed by atoms with van der Waals surface area (Å²) in [6.45, 7) is 3.37. The van der Waals surface area contributed by atoms with Crippen molar-refractivity contribution in [3.63, 3.8) is 0 Å². The van der Waals surface area contributed by atoms with Crippen molar-refractivity contribution >= 4 is 11.6 Å². The van der Waals surface area contributed by atoms with Crippen molar-refractivity contribution in [2.75, 3.05) is 25.5 Å². The Kier molecular flexibility index (Phi) is 7.25. The third-order valence-electron chi connectivity index (χ3n) is 5.03. The van der Waals surface area contributed by atoms with Crippen LogP contribution in [0.25, 0.3) is 0 Å². The normalized spacial score (nSPS) is 18.4. The Balaban J connectivity index is 1.61. The van der Waals surface area contributed by atoms with Crippen molar-refractivity contribution in [3.05, 3.63) is 65.7 Å². The summed E-state index contributed by atoms with van der Waals surface area (Å²) >= 11 is 0. The second kappa shape index (κ2) is 10.1. The highest BCUT2D eigenvalue weighted by Crippen LogP contribution is 2.20. The van der Waals surface area contributed by atoms with Crippen LogP contribution in [-0.4, -0.2) is 37.1 Å². The molecule has 1 unspecified atom stereocenters. The number of ether oxygens (including phenoxy) is 1. The van der Waals surface area contributed by atoms with Gasteiger partial charge in [0, 0.05) is 30.9 Å². The molecule has 1 aliphatic heterocycles. The van der Waals surface area contributed by atoms with E-state index in [9.17, 15) is 0 Å². The van der Waals surface area contributed by atoms with Crippen LogP contribution in [0.1, 0.15) is 30.4 Å². The quantitative estimate of drug-likeness (QED) is 0.580. The molecule has 5 nitrogen and oxygen atoms in total. The summed E-state index contributed by atoms with van der Waals surface area (Å²) < 4.78 is 5.25. The number of methoxy groups -OCH3 is 1. The maximum Gasteiger partial charge on any atom is 0.193 e. The fraction of sp³-hybridized carbons (Fsp3) is 0.409. The van der Waals surface area contributed by atoms with Crippen molar-refractivity contribution in [1.82, 2.24) is 4.90 Å². The molecule has 144 valence electrons. The number of nitrogens with zero attached hydrogens (tertiary/aromatic N) is 2. The first-order valence-electron chi connectivity index (χ1n) is 9.68. The summed E-state index contributed by atoms with van der Waals surface area (Å²) in [5.74, 6) is 0.462. The molecule has 0 amide bonds. The molecule has 1 aliphatic rings. The van der Waals surface area contributed by atoms with Crippen molar-refractivity contribution in [2.45, 2.75) is 38.5 Å². The summed E-state index contributed by atoms with van der Waals surface area (Å²) in [5.41, 5.74) is 9.54. The van der Waals surface area contributed by atoms with Gasteiger partial charge in [0.25, 0.3) is 0 Å². The number of nitrogens with two attached hydrogens (primary N) is 1. The van der Waals surface area contributed by atoms with Crippen molar-refractivity contribution < 1.29 is 4.74 Å². The fourth-order valence-corrected chi connectivity index (χ4v) is 3.60. The number of anilines is 1. The lowest BCUT2D eigenvalue weighted by molar-refractivity contribution is 0.145. The van der Waals surface area contributed by atoms with E-state index in [1.165, 1.54) is 24.8 Å². The molecule has 1 heterocycles. The summed E-state index contributed by atoms with van der Waals surface area (Å²) in [7, 11) is 1.69. The second-order valence-corrected chi connectivity index (χ2v) is 7.05. The molecule has 3 N–H and O–H groups in total. The highest BCUT2D eigenvalue weighted by atomic mass is 16.5. The van der Waals surface area contributed by atoms with Crippen molar-refractivity contribution in [1.29, 1.82) is 0 Å². The van der Waals surface area contributed by atoms with Gasteiger partial charge in [0.1, 0.15) is 0 Å². The number of hydrogen-bond donors (Lipinski definition) is 2. The fourth-order valence-electron chi connectivity index (χ4n) is 3.60. The Morgan fingerprint density at radius 3 is 2.74 bits per heavy atom. The zero-order chi connectivity index (χ0) is 18.9. The van der Waals surface area contributed by atoms with Crippen LogP contribution in [0.3, 0.4) is 0 Å². The van der Waals surface area contributed by atoms with E-state index in [0.717, 1.165) is 30.9 Å². The Morgan fingerprint density at radius 1 is 1.15 bits per heavy atom. The minimum absolute atomic E-state index is 0.438. The van der Waals surface area contributed by atoms with Gasteiger partial charge in [0.15, 0.2) is 5.96 Å². The largest absolute Gasteiger partial charge is 0.380 e. The predicted molar refractivity (Wildman–Crippen MR) is 112 cm³/mol. The summed E-state index contributed by atoms with van der Waals surface area (Å²) in [5, 5.41) is 3.23. The van der Waals surface area contributed by atoms with Crippen LogP contribution in [0.15, 0.2) is 59.6 Å². The van der Waals surface area contributed by atoms with E-state index in [4.69, 9.17) is 10.5 Å². The first-order chi connectivity index (χ1) is 13.3. The minimum Gasteiger partial charge on any atom is -0.380 e. The molecule has 5 heteroatoms. The number of piperidine rings is 1. The number of para-hydroxylation sites is 1. The number of nitrogens with one attached hydrogen (secondary N) is 1. The molecular weight excluding hydrogens is 336 g/mol. The molecule has 2 aromatic rings. The molecule has 0 aromatic heterocycles. The van der Waals surface area contributed by atoms with Crippen LogP contribution >= 0.6 is 0 Å². The number of rotatable bonds is 7. The van der Waals surface area contributed by atoms with Crippen LogP contribution in [-0.2, 0) is 17.9 Å². The number of hydrogen-bond acceptors (Lipinski definition) is 3. The van der Waals surface area contributed by atoms with Gasteiger partial charge in [-0.2, -0.15) is 0 Å². The molecule has 1 atom stereocenters. The average Bonchev–Trinajstić information content (AvgIpc) is 2.70. The van der Waals surface area contributed by atoms with Crippen LogP contribution in [0, 0.1) is 0 Å². The maximum absolute atomic E-state index is 6.17. The molecule has 2 aromatic carbocycles. The monoisotopic (exact) mass is 366 g/mol. The summed E-state index contributed by atoms with van der Waals surface area (Å²) in [6.07, 6.45) is 3.69. The lowest BCUT2D eigenvalue weighted by atomic mass is 10.0. The third-order valence-corrected chi connectivity index (χ3v) is 5.03. The molecular formula is C22H30N4O. The van der Waals surface area contributed by atoms with E-state index in [-0.39, 0.29) is 0 Å². The second-order valence-electron chi connectivity index (χ2n) is 7.05. The standard InChI is InChI=1S/C22H30N4O/c1-27-17-19-11-5-6-13-21(19)25-22(23)24-15-20-12-7-8-14-26(20)16-18-9-3-2-4-10-18/h2-6,9-11,13,20H,7-8,12,14-17H2,1H3,(H3,23,24,25). The Bertz CT molecular complexity index is 732. The van der Waals surface area contributed by atoms with Gasteiger partial charge in [0.2, 0.25) is 0 Å². The van der Waals surface area contributed by atoms with Gasteiger partial charge < -0.3 is 15.8 Å². The van der Waals surface area contributed by atoms with E-state index in [0.29, 0.717) is 18.6 Å². The van der Waals surface area contributed by atoms with Gasteiger partial charge in [-0.25, -0.2) is 0 Å². The highest BCUT2D eigenvalue weighted by Gasteiger charge is 2.22. The molecule has 0 radical (unpaired) electrons. The zero-order valence-corrected chi connectivity index (χ0v) is 16.1. The summed E-state index contributed by atoms with van der Waals surface area (Å²) in [4.78, 5) is 7.17. The number of guanidine groups is 1. The summed E-state index contributed by atoms with van der Waals surface area (Å²) in [6, 6.07) is 19.1. The van der Waals surface area contributed by atoms with Crippen molar-refractivity contribution in [2.24, 2.45) is 10.7 Å². The topological polar surface area (TPSA) is 62.9 Å². The van der Waals surface area contributed by atoms with Crippen LogP contribution in [0.4, 0.5) is 5.69 Å². The van der Waals surface area contributed by atoms with E-state index in [2.05, 4.69) is 45.5 Å². The number of benzene rings is 2. The van der Waals surface area contributed by atoms with E-state index < -0.39 is 0 Å². The minimum atomic E-state index is 0.438. The first kappa shape index (κ1) is 19.4. The van der Waals surface area contributed by atoms with Gasteiger partial charge in [-0.15, -0.1) is 0 Å². The maximum atomic E-state index is 6.17. The molecule has 0 saturated carbocycles. The average molecular weight is 367 g/mol. The van der Waals surface area contributed by atoms with Gasteiger partial charge in [0.05, 0.1) is 13.2 Å². The molecule has 1 fully saturated rings. The van der Waals surface area contributed by atoms with Crippen LogP contribution < -0.4 is 11.1 Å². The van der Waals surface area contributed by atoms with E-state index >= 15 is 0 Å². The Morgan fingerprint density at radius 2 is 1.93 bits per heavy atom. The van der Waals surface area contributed by atoms with Gasteiger partial charge in [-0.3, -0.25) is 9.89 Å². The van der Waals surface area contributed by atoms with Gasteiger partial charge in [-0.1, -0.05) is 55.0 Å². The SMILES string of the molecule is COCc1ccccc1NC(N)=NCC1CCCCN1Cc1ccccc1. The molecule has 27 heavy (non-hydrogen) atoms. The zero-order valence-electron chi connectivity index (χ0n) is 16.1. The van der Waals surface area contributed by atoms with E-state index in [1.807, 2.05) is 24.3 Å². The molecule has 0 bridgehead atoms. The number of aliphatic imine (C=N–C) groups is 1. The van der Waals surface area contributed by atoms with Crippen LogP contribution in [0.2, 0.25) is 0 Å². The van der Waals surface area contributed by atoms with Gasteiger partial charge in [-0.05, 0) is 31.0 Å². The lowest BCUT2D eigenvalue weighted by Gasteiger charge is -2.35. The molecule has 0 spiro atoms. The number of likely N-dealkylation sites (tertiary alicyclic amines) is 1. The first-order valence-corrected chi connectivity index (χ1v) is 9.68. The van der Waals surface area contributed by atoms with Gasteiger partial charge >= 0.3 is 0 Å². The lowest BCUT2D eigenvalue weighted by Crippen LogP contribution is -2.41. The van der Waals surface area contributed by atoms with Crippen LogP contribution in [0.5, 0.6) is 0 Å². The molecule has 1 saturated heterocycles. The predicted octanol–water partition coefficient (Wildman–Crippen LogP) is 3.61. The highest BCUT2D eigenvalue weighted by molar-refractivity contribution is 5.92. The van der Waals surface area contributed by atoms with E-state index in [1.54, 1.807) is 7.11 Å². The smallest absolute Gasteiger partial charge is 0.193 e. The third kappa shape index (κ3) is 5.81. The van der Waals surface area contributed by atoms with Crippen molar-refractivity contribution in [3.8, 4) is 0 Å². The molecule has 3 rings (SSSR count). The Labute approximate surface area is 162 Å².